The number of rotatable bonds is 6. The number of methoxy groups -OCH3 is 2. The van der Waals surface area contributed by atoms with Crippen molar-refractivity contribution in [2.24, 2.45) is 5.10 Å². The first-order valence-electron chi connectivity index (χ1n) is 5.92. The molecule has 3 N–H and O–H groups in total. The van der Waals surface area contributed by atoms with E-state index in [4.69, 9.17) is 9.47 Å². The van der Waals surface area contributed by atoms with E-state index in [0.29, 0.717) is 23.0 Å². The van der Waals surface area contributed by atoms with E-state index in [1.54, 1.807) is 30.7 Å². The minimum Gasteiger partial charge on any atom is -0.496 e. The third-order valence-corrected chi connectivity index (χ3v) is 2.67. The van der Waals surface area contributed by atoms with Crippen LogP contribution >= 0.6 is 0 Å². The van der Waals surface area contributed by atoms with Gasteiger partial charge in [0.1, 0.15) is 11.5 Å². The zero-order valence-electron chi connectivity index (χ0n) is 11.3. The number of nitrogens with zero attached hydrogens (tertiary/aromatic N) is 2. The van der Waals surface area contributed by atoms with E-state index < -0.39 is 0 Å². The Bertz CT molecular complexity index is 556. The molecule has 0 fully saturated rings. The van der Waals surface area contributed by atoms with Crippen LogP contribution in [-0.2, 0) is 6.61 Å². The number of hydrazone groups is 1. The van der Waals surface area contributed by atoms with Crippen molar-refractivity contribution in [3.8, 4) is 11.5 Å². The van der Waals surface area contributed by atoms with Gasteiger partial charge in [0.2, 0.25) is 5.95 Å². The lowest BCUT2D eigenvalue weighted by molar-refractivity contribution is 0.265. The monoisotopic (exact) mass is 276 g/mol. The summed E-state index contributed by atoms with van der Waals surface area (Å²) in [7, 11) is 3.08. The number of hydrogen-bond donors (Lipinski definition) is 3. The van der Waals surface area contributed by atoms with E-state index >= 15 is 0 Å². The Morgan fingerprint density at radius 2 is 2.05 bits per heavy atom. The Morgan fingerprint density at radius 3 is 2.55 bits per heavy atom. The number of aromatic nitrogens is 2. The molecular formula is C13H16N4O3. The molecule has 0 bridgehead atoms. The van der Waals surface area contributed by atoms with E-state index in [2.05, 4.69) is 20.5 Å². The predicted octanol–water partition coefficient (Wildman–Crippen LogP) is 1.37. The number of aromatic amines is 1. The van der Waals surface area contributed by atoms with Crippen LogP contribution in [0.5, 0.6) is 11.5 Å². The summed E-state index contributed by atoms with van der Waals surface area (Å²) in [4.78, 5) is 6.85. The van der Waals surface area contributed by atoms with Gasteiger partial charge < -0.3 is 19.6 Å². The largest absolute Gasteiger partial charge is 0.496 e. The van der Waals surface area contributed by atoms with Crippen LogP contribution in [-0.4, -0.2) is 35.5 Å². The van der Waals surface area contributed by atoms with Crippen LogP contribution in [0.3, 0.4) is 0 Å². The lowest BCUT2D eigenvalue weighted by Crippen LogP contribution is -1.99. The van der Waals surface area contributed by atoms with Gasteiger partial charge in [-0.3, -0.25) is 0 Å². The van der Waals surface area contributed by atoms with E-state index in [1.165, 1.54) is 14.2 Å². The fourth-order valence-electron chi connectivity index (χ4n) is 1.73. The van der Waals surface area contributed by atoms with Crippen molar-refractivity contribution in [1.29, 1.82) is 0 Å². The first-order valence-corrected chi connectivity index (χ1v) is 5.92. The standard InChI is InChI=1S/C13H16N4O3/c1-19-11-5-9(6-12(20-2)10(11)8-18)7-16-17-13-14-3-4-15-13/h3-7,18H,8H2,1-2H3,(H2,14,15,17). The average molecular weight is 276 g/mol. The quantitative estimate of drug-likeness (QED) is 0.547. The molecule has 0 saturated carbocycles. The predicted molar refractivity (Wildman–Crippen MR) is 75.3 cm³/mol. The van der Waals surface area contributed by atoms with Gasteiger partial charge in [-0.25, -0.2) is 10.4 Å². The number of ether oxygens (including phenoxy) is 2. The summed E-state index contributed by atoms with van der Waals surface area (Å²) in [6, 6.07) is 3.53. The van der Waals surface area contributed by atoms with Crippen molar-refractivity contribution >= 4 is 12.2 Å². The van der Waals surface area contributed by atoms with Crippen molar-refractivity contribution in [2.75, 3.05) is 19.6 Å². The first kappa shape index (κ1) is 13.9. The number of anilines is 1. The molecule has 0 aliphatic rings. The highest BCUT2D eigenvalue weighted by molar-refractivity contribution is 5.82. The summed E-state index contributed by atoms with van der Waals surface area (Å²) >= 11 is 0. The lowest BCUT2D eigenvalue weighted by Gasteiger charge is -2.12. The van der Waals surface area contributed by atoms with Gasteiger partial charge in [-0.15, -0.1) is 0 Å². The Labute approximate surface area is 116 Å². The molecular weight excluding hydrogens is 260 g/mol. The second-order valence-electron chi connectivity index (χ2n) is 3.87. The van der Waals surface area contributed by atoms with Gasteiger partial charge in [0.05, 0.1) is 32.6 Å². The van der Waals surface area contributed by atoms with Crippen LogP contribution in [0.4, 0.5) is 5.95 Å². The third-order valence-electron chi connectivity index (χ3n) is 2.67. The number of hydrogen-bond acceptors (Lipinski definition) is 6. The molecule has 0 amide bonds. The highest BCUT2D eigenvalue weighted by Gasteiger charge is 2.10. The first-order chi connectivity index (χ1) is 9.78. The molecule has 2 aromatic rings. The lowest BCUT2D eigenvalue weighted by atomic mass is 10.1. The van der Waals surface area contributed by atoms with Gasteiger partial charge in [-0.2, -0.15) is 5.10 Å². The SMILES string of the molecule is COc1cc(C=NNc2ncc[nH]2)cc(OC)c1CO. The number of nitrogens with one attached hydrogen (secondary N) is 2. The fourth-order valence-corrected chi connectivity index (χ4v) is 1.73. The van der Waals surface area contributed by atoms with Crippen molar-refractivity contribution in [1.82, 2.24) is 9.97 Å². The number of imidazole rings is 1. The maximum absolute atomic E-state index is 9.34. The van der Waals surface area contributed by atoms with E-state index in [9.17, 15) is 5.11 Å². The molecule has 7 nitrogen and oxygen atoms in total. The molecule has 0 radical (unpaired) electrons. The third kappa shape index (κ3) is 3.07. The van der Waals surface area contributed by atoms with Gasteiger partial charge in [0, 0.05) is 18.0 Å². The van der Waals surface area contributed by atoms with Gasteiger partial charge in [0.15, 0.2) is 0 Å². The molecule has 0 aliphatic carbocycles. The number of aliphatic hydroxyl groups is 1. The minimum absolute atomic E-state index is 0.158. The summed E-state index contributed by atoms with van der Waals surface area (Å²) in [6.07, 6.45) is 4.93. The molecule has 7 heteroatoms. The van der Waals surface area contributed by atoms with Crippen LogP contribution in [0, 0.1) is 0 Å². The number of H-pyrrole nitrogens is 1. The van der Waals surface area contributed by atoms with Crippen molar-refractivity contribution in [2.45, 2.75) is 6.61 Å². The summed E-state index contributed by atoms with van der Waals surface area (Å²) in [5.41, 5.74) is 4.12. The molecule has 2 rings (SSSR count). The molecule has 0 saturated heterocycles. The molecule has 1 heterocycles. The Morgan fingerprint density at radius 1 is 1.35 bits per heavy atom. The van der Waals surface area contributed by atoms with Gasteiger partial charge in [-0.1, -0.05) is 0 Å². The Kier molecular flexibility index (Phi) is 4.56. The zero-order chi connectivity index (χ0) is 14.4. The zero-order valence-corrected chi connectivity index (χ0v) is 11.3. The average Bonchev–Trinajstić information content (AvgIpc) is 2.99. The molecule has 0 atom stereocenters. The summed E-state index contributed by atoms with van der Waals surface area (Å²) < 4.78 is 10.5. The molecule has 0 spiro atoms. The van der Waals surface area contributed by atoms with Crippen LogP contribution in [0.2, 0.25) is 0 Å². The molecule has 20 heavy (non-hydrogen) atoms. The molecule has 106 valence electrons. The maximum Gasteiger partial charge on any atom is 0.220 e. The van der Waals surface area contributed by atoms with E-state index in [0.717, 1.165) is 5.56 Å². The highest BCUT2D eigenvalue weighted by Crippen LogP contribution is 2.29. The second-order valence-corrected chi connectivity index (χ2v) is 3.87. The second kappa shape index (κ2) is 6.58. The highest BCUT2D eigenvalue weighted by atomic mass is 16.5. The van der Waals surface area contributed by atoms with E-state index in [1.807, 2.05) is 0 Å². The summed E-state index contributed by atoms with van der Waals surface area (Å²) in [5, 5.41) is 13.4. The van der Waals surface area contributed by atoms with E-state index in [-0.39, 0.29) is 6.61 Å². The van der Waals surface area contributed by atoms with Gasteiger partial charge >= 0.3 is 0 Å². The Balaban J connectivity index is 2.21. The normalized spacial score (nSPS) is 10.8. The Hall–Kier alpha value is -2.54. The van der Waals surface area contributed by atoms with Crippen molar-refractivity contribution in [3.05, 3.63) is 35.7 Å². The summed E-state index contributed by atoms with van der Waals surface area (Å²) in [5.74, 6) is 1.64. The van der Waals surface area contributed by atoms with Crippen LogP contribution in [0.15, 0.2) is 29.6 Å². The molecule has 0 aliphatic heterocycles. The van der Waals surface area contributed by atoms with Crippen molar-refractivity contribution < 1.29 is 14.6 Å². The van der Waals surface area contributed by atoms with Crippen LogP contribution in [0.25, 0.3) is 0 Å². The van der Waals surface area contributed by atoms with Crippen LogP contribution in [0.1, 0.15) is 11.1 Å². The minimum atomic E-state index is -0.158. The number of benzene rings is 1. The fraction of sp³-hybridized carbons (Fsp3) is 0.231. The van der Waals surface area contributed by atoms with Gasteiger partial charge in [0.25, 0.3) is 0 Å². The van der Waals surface area contributed by atoms with Gasteiger partial charge in [-0.05, 0) is 12.1 Å². The smallest absolute Gasteiger partial charge is 0.220 e. The molecule has 1 aromatic heterocycles. The molecule has 0 unspecified atom stereocenters. The van der Waals surface area contributed by atoms with Crippen molar-refractivity contribution in [3.63, 3.8) is 0 Å². The maximum atomic E-state index is 9.34. The summed E-state index contributed by atoms with van der Waals surface area (Å²) in [6.45, 7) is -0.158. The number of aliphatic hydroxyl groups excluding tert-OH is 1. The molecule has 1 aromatic carbocycles. The topological polar surface area (TPSA) is 91.8 Å². The van der Waals surface area contributed by atoms with Crippen LogP contribution < -0.4 is 14.9 Å².